The summed E-state index contributed by atoms with van der Waals surface area (Å²) in [7, 11) is 0. The molecule has 0 spiro atoms. The number of anilines is 1. The lowest BCUT2D eigenvalue weighted by Gasteiger charge is -2.31. The maximum atomic E-state index is 13.5. The minimum atomic E-state index is -0.407. The first-order chi connectivity index (χ1) is 15.6. The molecule has 0 amide bonds. The zero-order valence-corrected chi connectivity index (χ0v) is 17.7. The summed E-state index contributed by atoms with van der Waals surface area (Å²) in [5.41, 5.74) is 1.76. The predicted molar refractivity (Wildman–Crippen MR) is 122 cm³/mol. The molecule has 0 saturated carbocycles. The maximum Gasteiger partial charge on any atom is 0.333 e. The lowest BCUT2D eigenvalue weighted by Crippen LogP contribution is -2.44. The molecule has 7 nitrogen and oxygen atoms in total. The van der Waals surface area contributed by atoms with Gasteiger partial charge in [0.15, 0.2) is 0 Å². The van der Waals surface area contributed by atoms with Gasteiger partial charge in [-0.05, 0) is 48.6 Å². The highest BCUT2D eigenvalue weighted by molar-refractivity contribution is 5.42. The zero-order valence-electron chi connectivity index (χ0n) is 17.7. The van der Waals surface area contributed by atoms with Crippen LogP contribution in [0.2, 0.25) is 0 Å². The molecule has 0 atom stereocenters. The molecule has 1 aliphatic heterocycles. The molecule has 0 bridgehead atoms. The lowest BCUT2D eigenvalue weighted by atomic mass is 10.1. The number of rotatable bonds is 5. The maximum absolute atomic E-state index is 13.5. The summed E-state index contributed by atoms with van der Waals surface area (Å²) in [6.45, 7) is 1.91. The molecule has 1 fully saturated rings. The van der Waals surface area contributed by atoms with Crippen molar-refractivity contribution in [2.75, 3.05) is 18.0 Å². The van der Waals surface area contributed by atoms with Crippen molar-refractivity contribution in [3.63, 3.8) is 0 Å². The van der Waals surface area contributed by atoms with E-state index in [1.165, 1.54) is 10.6 Å². The lowest BCUT2D eigenvalue weighted by molar-refractivity contribution is 0.542. The summed E-state index contributed by atoms with van der Waals surface area (Å²) >= 11 is 0. The van der Waals surface area contributed by atoms with Gasteiger partial charge < -0.3 is 4.90 Å². The Hall–Kier alpha value is -4.10. The van der Waals surface area contributed by atoms with Crippen LogP contribution in [0.25, 0.3) is 0 Å². The number of aromatic nitrogens is 2. The monoisotopic (exact) mass is 425 g/mol. The number of nitrogens with zero attached hydrogens (tertiary/aromatic N) is 5. The van der Waals surface area contributed by atoms with Crippen LogP contribution >= 0.6 is 0 Å². The second-order valence-electron chi connectivity index (χ2n) is 7.92. The molecule has 4 rings (SSSR count). The van der Waals surface area contributed by atoms with Crippen LogP contribution in [-0.2, 0) is 13.1 Å². The molecular formula is C25H23N5O2. The van der Waals surface area contributed by atoms with E-state index >= 15 is 0 Å². The number of nitriles is 2. The highest BCUT2D eigenvalue weighted by Crippen LogP contribution is 2.19. The third-order valence-electron chi connectivity index (χ3n) is 5.83. The molecule has 7 heteroatoms. The fourth-order valence-electron chi connectivity index (χ4n) is 4.09. The molecule has 1 aromatic heterocycles. The molecule has 2 aromatic carbocycles. The van der Waals surface area contributed by atoms with E-state index in [0.717, 1.165) is 43.5 Å². The number of hydrogen-bond donors (Lipinski definition) is 0. The van der Waals surface area contributed by atoms with Crippen LogP contribution in [0.5, 0.6) is 0 Å². The first-order valence-electron chi connectivity index (χ1n) is 10.7. The Morgan fingerprint density at radius 2 is 1.53 bits per heavy atom. The molecule has 1 saturated heterocycles. The second kappa shape index (κ2) is 9.36. The van der Waals surface area contributed by atoms with Crippen LogP contribution in [-0.4, -0.2) is 22.2 Å². The fraction of sp³-hybridized carbons (Fsp3) is 0.280. The molecule has 0 radical (unpaired) electrons. The minimum absolute atomic E-state index is 0.115. The van der Waals surface area contributed by atoms with Gasteiger partial charge in [-0.15, -0.1) is 0 Å². The van der Waals surface area contributed by atoms with Gasteiger partial charge in [-0.3, -0.25) is 13.9 Å². The van der Waals surface area contributed by atoms with Crippen molar-refractivity contribution in [2.24, 2.45) is 0 Å². The van der Waals surface area contributed by atoms with Crippen LogP contribution in [0.1, 0.15) is 41.5 Å². The third-order valence-corrected chi connectivity index (χ3v) is 5.83. The van der Waals surface area contributed by atoms with Gasteiger partial charge in [-0.2, -0.15) is 10.5 Å². The van der Waals surface area contributed by atoms with E-state index in [1.54, 1.807) is 41.0 Å². The van der Waals surface area contributed by atoms with Crippen LogP contribution < -0.4 is 16.1 Å². The van der Waals surface area contributed by atoms with Crippen LogP contribution in [0.3, 0.4) is 0 Å². The summed E-state index contributed by atoms with van der Waals surface area (Å²) in [5.74, 6) is 0.600. The van der Waals surface area contributed by atoms with Gasteiger partial charge in [0.05, 0.1) is 36.4 Å². The average molecular weight is 425 g/mol. The Bertz CT molecular complexity index is 1320. The third kappa shape index (κ3) is 4.33. The quantitative estimate of drug-likeness (QED) is 0.626. The van der Waals surface area contributed by atoms with Crippen molar-refractivity contribution < 1.29 is 0 Å². The molecule has 0 N–H and O–H groups in total. The van der Waals surface area contributed by atoms with Gasteiger partial charge in [0.1, 0.15) is 5.82 Å². The molecular weight excluding hydrogens is 402 g/mol. The Kier molecular flexibility index (Phi) is 6.19. The average Bonchev–Trinajstić information content (AvgIpc) is 2.84. The van der Waals surface area contributed by atoms with E-state index in [-0.39, 0.29) is 18.6 Å². The summed E-state index contributed by atoms with van der Waals surface area (Å²) < 4.78 is 2.82. The Morgan fingerprint density at radius 1 is 0.812 bits per heavy atom. The van der Waals surface area contributed by atoms with Crippen molar-refractivity contribution in [3.05, 3.63) is 97.7 Å². The Morgan fingerprint density at radius 3 is 2.22 bits per heavy atom. The van der Waals surface area contributed by atoms with Gasteiger partial charge in [0.2, 0.25) is 0 Å². The second-order valence-corrected chi connectivity index (χ2v) is 7.92. The Labute approximate surface area is 186 Å². The highest BCUT2D eigenvalue weighted by Gasteiger charge is 2.20. The first kappa shape index (κ1) is 21.1. The van der Waals surface area contributed by atoms with Crippen LogP contribution in [0.15, 0.2) is 64.2 Å². The van der Waals surface area contributed by atoms with Gasteiger partial charge in [-0.25, -0.2) is 4.79 Å². The van der Waals surface area contributed by atoms with Gasteiger partial charge >= 0.3 is 5.69 Å². The minimum Gasteiger partial charge on any atom is -0.358 e. The van der Waals surface area contributed by atoms with Crippen molar-refractivity contribution in [2.45, 2.75) is 32.4 Å². The summed E-state index contributed by atoms with van der Waals surface area (Å²) in [5, 5.41) is 18.5. The van der Waals surface area contributed by atoms with E-state index in [1.807, 2.05) is 12.1 Å². The zero-order chi connectivity index (χ0) is 22.5. The van der Waals surface area contributed by atoms with E-state index in [4.69, 9.17) is 5.26 Å². The van der Waals surface area contributed by atoms with Gasteiger partial charge in [0, 0.05) is 19.2 Å². The standard InChI is InChI=1S/C25H23N5O2/c26-15-19-8-10-20(11-9-19)17-30-24(31)14-23(28-12-4-1-5-13-28)29(25(30)32)18-22-7-3-2-6-21(22)16-27/h2-3,6-11,14H,1,4-5,12-13,17-18H2. The first-order valence-corrected chi connectivity index (χ1v) is 10.7. The predicted octanol–water partition coefficient (Wildman–Crippen LogP) is 2.84. The summed E-state index contributed by atoms with van der Waals surface area (Å²) in [6, 6.07) is 19.8. The molecule has 32 heavy (non-hydrogen) atoms. The SMILES string of the molecule is N#Cc1ccc(Cn2c(=O)cc(N3CCCCC3)n(Cc3ccccc3C#N)c2=O)cc1. The van der Waals surface area contributed by atoms with E-state index in [0.29, 0.717) is 16.9 Å². The highest BCUT2D eigenvalue weighted by atomic mass is 16.2. The van der Waals surface area contributed by atoms with Gasteiger partial charge in [-0.1, -0.05) is 30.3 Å². The number of benzene rings is 2. The fourth-order valence-corrected chi connectivity index (χ4v) is 4.09. The summed E-state index contributed by atoms with van der Waals surface area (Å²) in [4.78, 5) is 28.6. The normalized spacial score (nSPS) is 13.4. The summed E-state index contributed by atoms with van der Waals surface area (Å²) in [6.07, 6.45) is 3.16. The van der Waals surface area contributed by atoms with Crippen LogP contribution in [0, 0.1) is 22.7 Å². The van der Waals surface area contributed by atoms with Crippen molar-refractivity contribution >= 4 is 5.82 Å². The molecule has 2 heterocycles. The molecule has 0 unspecified atom stereocenters. The smallest absolute Gasteiger partial charge is 0.333 e. The molecule has 0 aliphatic carbocycles. The van der Waals surface area contributed by atoms with Gasteiger partial charge in [0.25, 0.3) is 5.56 Å². The van der Waals surface area contributed by atoms with E-state index < -0.39 is 5.69 Å². The van der Waals surface area contributed by atoms with E-state index in [2.05, 4.69) is 17.0 Å². The molecule has 1 aliphatic rings. The van der Waals surface area contributed by atoms with E-state index in [9.17, 15) is 14.9 Å². The number of hydrogen-bond acceptors (Lipinski definition) is 5. The van der Waals surface area contributed by atoms with Crippen molar-refractivity contribution in [1.29, 1.82) is 10.5 Å². The van der Waals surface area contributed by atoms with Crippen molar-refractivity contribution in [1.82, 2.24) is 9.13 Å². The molecule has 3 aromatic rings. The topological polar surface area (TPSA) is 94.8 Å². The van der Waals surface area contributed by atoms with Crippen LogP contribution in [0.4, 0.5) is 5.82 Å². The molecule has 160 valence electrons. The largest absolute Gasteiger partial charge is 0.358 e. The van der Waals surface area contributed by atoms with Crippen molar-refractivity contribution in [3.8, 4) is 12.1 Å². The number of piperidine rings is 1. The Balaban J connectivity index is 1.81.